The van der Waals surface area contributed by atoms with Crippen LogP contribution in [0.2, 0.25) is 0 Å². The van der Waals surface area contributed by atoms with Gasteiger partial charge in [-0.15, -0.1) is 0 Å². The maximum Gasteiger partial charge on any atom is 0.315 e. The van der Waals surface area contributed by atoms with E-state index < -0.39 is 5.97 Å². The molecule has 0 spiro atoms. The van der Waals surface area contributed by atoms with Gasteiger partial charge >= 0.3 is 12.0 Å². The Morgan fingerprint density at radius 1 is 1.37 bits per heavy atom. The molecule has 110 valence electrons. The molecular weight excluding hydrogens is 244 g/mol. The van der Waals surface area contributed by atoms with Gasteiger partial charge in [-0.3, -0.25) is 4.79 Å². The lowest BCUT2D eigenvalue weighted by Crippen LogP contribution is -2.48. The predicted octanol–water partition coefficient (Wildman–Crippen LogP) is 2.37. The molecule has 1 saturated carbocycles. The lowest BCUT2D eigenvalue weighted by molar-refractivity contribution is -0.137. The summed E-state index contributed by atoms with van der Waals surface area (Å²) in [4.78, 5) is 22.0. The summed E-state index contributed by atoms with van der Waals surface area (Å²) in [5, 5.41) is 14.2. The summed E-state index contributed by atoms with van der Waals surface area (Å²) in [6, 6.07) is 0.0504. The zero-order valence-electron chi connectivity index (χ0n) is 12.2. The molecule has 1 rings (SSSR count). The summed E-state index contributed by atoms with van der Waals surface area (Å²) in [5.74, 6) is -0.348. The molecule has 5 heteroatoms. The molecule has 19 heavy (non-hydrogen) atoms. The van der Waals surface area contributed by atoms with Crippen LogP contribution < -0.4 is 10.6 Å². The molecule has 0 aromatic carbocycles. The van der Waals surface area contributed by atoms with Crippen LogP contribution in [0.25, 0.3) is 0 Å². The number of amides is 2. The molecule has 0 heterocycles. The Hall–Kier alpha value is -1.26. The van der Waals surface area contributed by atoms with Crippen molar-refractivity contribution in [2.24, 2.45) is 11.3 Å². The van der Waals surface area contributed by atoms with Crippen molar-refractivity contribution < 1.29 is 14.7 Å². The second kappa shape index (κ2) is 6.78. The van der Waals surface area contributed by atoms with Gasteiger partial charge in [-0.05, 0) is 37.0 Å². The third kappa shape index (κ3) is 5.94. The third-order valence-corrected chi connectivity index (χ3v) is 3.86. The van der Waals surface area contributed by atoms with E-state index in [1.54, 1.807) is 0 Å². The minimum absolute atomic E-state index is 0.0916. The van der Waals surface area contributed by atoms with Gasteiger partial charge < -0.3 is 15.7 Å². The number of carboxylic acid groups (broad SMARTS) is 1. The second-order valence-corrected chi connectivity index (χ2v) is 6.39. The van der Waals surface area contributed by atoms with Crippen LogP contribution in [0.5, 0.6) is 0 Å². The van der Waals surface area contributed by atoms with E-state index in [0.717, 1.165) is 19.3 Å². The van der Waals surface area contributed by atoms with Gasteiger partial charge in [-0.1, -0.05) is 20.8 Å². The van der Waals surface area contributed by atoms with Crippen LogP contribution in [-0.4, -0.2) is 29.7 Å². The maximum absolute atomic E-state index is 11.7. The van der Waals surface area contributed by atoms with Crippen molar-refractivity contribution in [3.8, 4) is 0 Å². The van der Waals surface area contributed by atoms with Crippen molar-refractivity contribution in [3.05, 3.63) is 0 Å². The molecule has 3 N–H and O–H groups in total. The summed E-state index contributed by atoms with van der Waals surface area (Å²) >= 11 is 0. The summed E-state index contributed by atoms with van der Waals surface area (Å²) in [7, 11) is 0. The Balaban J connectivity index is 2.23. The van der Waals surface area contributed by atoms with Crippen LogP contribution in [0, 0.1) is 11.3 Å². The smallest absolute Gasteiger partial charge is 0.315 e. The van der Waals surface area contributed by atoms with Crippen LogP contribution in [0.4, 0.5) is 4.79 Å². The molecule has 0 aliphatic heterocycles. The van der Waals surface area contributed by atoms with Crippen molar-refractivity contribution in [2.45, 2.75) is 58.9 Å². The van der Waals surface area contributed by atoms with Gasteiger partial charge in [0.15, 0.2) is 0 Å². The summed E-state index contributed by atoms with van der Waals surface area (Å²) in [5.41, 5.74) is 0.371. The van der Waals surface area contributed by atoms with Gasteiger partial charge in [-0.2, -0.15) is 0 Å². The summed E-state index contributed by atoms with van der Waals surface area (Å²) in [6.07, 6.45) is 3.82. The topological polar surface area (TPSA) is 78.4 Å². The lowest BCUT2D eigenvalue weighted by Gasteiger charge is -2.39. The lowest BCUT2D eigenvalue weighted by atomic mass is 9.70. The van der Waals surface area contributed by atoms with E-state index in [9.17, 15) is 9.59 Å². The molecule has 0 radical (unpaired) electrons. The van der Waals surface area contributed by atoms with Crippen LogP contribution in [0.1, 0.15) is 52.9 Å². The molecule has 0 saturated heterocycles. The predicted molar refractivity (Wildman–Crippen MR) is 74.0 cm³/mol. The molecule has 1 aliphatic rings. The van der Waals surface area contributed by atoms with Crippen LogP contribution in [0.15, 0.2) is 0 Å². The fourth-order valence-corrected chi connectivity index (χ4v) is 2.82. The highest BCUT2D eigenvalue weighted by molar-refractivity contribution is 5.74. The largest absolute Gasteiger partial charge is 0.481 e. The van der Waals surface area contributed by atoms with Gasteiger partial charge in [0, 0.05) is 19.0 Å². The van der Waals surface area contributed by atoms with Crippen molar-refractivity contribution in [2.75, 3.05) is 6.54 Å². The van der Waals surface area contributed by atoms with Crippen molar-refractivity contribution in [1.82, 2.24) is 10.6 Å². The quantitative estimate of drug-likeness (QED) is 0.671. The molecule has 0 aromatic heterocycles. The van der Waals surface area contributed by atoms with E-state index in [4.69, 9.17) is 5.11 Å². The molecule has 0 aromatic rings. The Bertz CT molecular complexity index is 329. The molecule has 2 atom stereocenters. The SMILES string of the molecule is CC1CC(C)(C)CCC1NC(=O)NCCCC(=O)O. The molecule has 1 aliphatic carbocycles. The Kier molecular flexibility index (Phi) is 5.63. The van der Waals surface area contributed by atoms with E-state index >= 15 is 0 Å². The average Bonchev–Trinajstić information content (AvgIpc) is 2.27. The van der Waals surface area contributed by atoms with Crippen LogP contribution in [0.3, 0.4) is 0 Å². The first-order valence-corrected chi connectivity index (χ1v) is 7.06. The van der Waals surface area contributed by atoms with E-state index in [1.165, 1.54) is 0 Å². The van der Waals surface area contributed by atoms with Crippen LogP contribution in [-0.2, 0) is 4.79 Å². The van der Waals surface area contributed by atoms with Crippen LogP contribution >= 0.6 is 0 Å². The fraction of sp³-hybridized carbons (Fsp3) is 0.857. The monoisotopic (exact) mass is 270 g/mol. The maximum atomic E-state index is 11.7. The third-order valence-electron chi connectivity index (χ3n) is 3.86. The van der Waals surface area contributed by atoms with Gasteiger partial charge in [0.2, 0.25) is 0 Å². The zero-order valence-corrected chi connectivity index (χ0v) is 12.2. The normalized spacial score (nSPS) is 25.6. The van der Waals surface area contributed by atoms with Crippen molar-refractivity contribution in [1.29, 1.82) is 0 Å². The van der Waals surface area contributed by atoms with Crippen molar-refractivity contribution in [3.63, 3.8) is 0 Å². The van der Waals surface area contributed by atoms with E-state index in [-0.39, 0.29) is 18.5 Å². The number of carboxylic acids is 1. The number of carbonyl (C=O) groups is 2. The number of hydrogen-bond donors (Lipinski definition) is 3. The molecule has 0 bridgehead atoms. The highest BCUT2D eigenvalue weighted by atomic mass is 16.4. The average molecular weight is 270 g/mol. The minimum atomic E-state index is -0.828. The number of hydrogen-bond acceptors (Lipinski definition) is 2. The van der Waals surface area contributed by atoms with E-state index in [0.29, 0.717) is 24.3 Å². The van der Waals surface area contributed by atoms with Gasteiger partial charge in [0.1, 0.15) is 0 Å². The summed E-state index contributed by atoms with van der Waals surface area (Å²) < 4.78 is 0. The first-order chi connectivity index (χ1) is 8.80. The number of aliphatic carboxylic acids is 1. The number of carbonyl (C=O) groups excluding carboxylic acids is 1. The number of urea groups is 1. The Morgan fingerprint density at radius 2 is 2.05 bits per heavy atom. The Morgan fingerprint density at radius 3 is 2.63 bits per heavy atom. The van der Waals surface area contributed by atoms with Crippen molar-refractivity contribution >= 4 is 12.0 Å². The minimum Gasteiger partial charge on any atom is -0.481 e. The molecule has 2 unspecified atom stereocenters. The first-order valence-electron chi connectivity index (χ1n) is 7.06. The van der Waals surface area contributed by atoms with E-state index in [2.05, 4.69) is 31.4 Å². The van der Waals surface area contributed by atoms with Gasteiger partial charge in [0.05, 0.1) is 0 Å². The number of nitrogens with one attached hydrogen (secondary N) is 2. The molecule has 1 fully saturated rings. The highest BCUT2D eigenvalue weighted by Gasteiger charge is 2.32. The number of rotatable bonds is 5. The second-order valence-electron chi connectivity index (χ2n) is 6.39. The molecule has 2 amide bonds. The fourth-order valence-electron chi connectivity index (χ4n) is 2.82. The standard InChI is InChI=1S/C14H26N2O3/c1-10-9-14(2,3)7-6-11(10)16-13(19)15-8-4-5-12(17)18/h10-11H,4-9H2,1-3H3,(H,17,18)(H2,15,16,19). The Labute approximate surface area is 115 Å². The van der Waals surface area contributed by atoms with E-state index in [1.807, 2.05) is 0 Å². The molecule has 5 nitrogen and oxygen atoms in total. The van der Waals surface area contributed by atoms with Gasteiger partial charge in [-0.25, -0.2) is 4.79 Å². The highest BCUT2D eigenvalue weighted by Crippen LogP contribution is 2.38. The summed E-state index contributed by atoms with van der Waals surface area (Å²) in [6.45, 7) is 7.12. The first kappa shape index (κ1) is 15.8. The molecular formula is C14H26N2O3. The van der Waals surface area contributed by atoms with Gasteiger partial charge in [0.25, 0.3) is 0 Å². The zero-order chi connectivity index (χ0) is 14.5.